The Morgan fingerprint density at radius 1 is 1.13 bits per heavy atom. The van der Waals surface area contributed by atoms with Crippen molar-refractivity contribution in [1.82, 2.24) is 0 Å². The molecule has 1 rings (SSSR count). The van der Waals surface area contributed by atoms with Crippen LogP contribution in [0, 0.1) is 11.3 Å². The molecule has 1 aliphatic rings. The van der Waals surface area contributed by atoms with Gasteiger partial charge in [0.2, 0.25) is 0 Å². The molecule has 0 heterocycles. The molecule has 90 valence electrons. The normalized spacial score (nSPS) is 28.0. The van der Waals surface area contributed by atoms with Gasteiger partial charge in [-0.2, -0.15) is 0 Å². The zero-order valence-electron chi connectivity index (χ0n) is 10.5. The summed E-state index contributed by atoms with van der Waals surface area (Å²) in [7, 11) is 0. The number of hydrogen-bond acceptors (Lipinski definition) is 2. The molecular weight excluding hydrogens is 188 g/mol. The molecule has 0 aromatic rings. The second-order valence-electron chi connectivity index (χ2n) is 5.79. The smallest absolute Gasteiger partial charge is 0.0575 e. The van der Waals surface area contributed by atoms with Crippen molar-refractivity contribution >= 4 is 0 Å². The van der Waals surface area contributed by atoms with E-state index in [0.29, 0.717) is 11.5 Å². The third-order valence-corrected chi connectivity index (χ3v) is 3.55. The summed E-state index contributed by atoms with van der Waals surface area (Å²) in [6, 6.07) is 0. The van der Waals surface area contributed by atoms with Crippen molar-refractivity contribution in [3.63, 3.8) is 0 Å². The monoisotopic (exact) mass is 214 g/mol. The van der Waals surface area contributed by atoms with Crippen molar-refractivity contribution in [3.05, 3.63) is 0 Å². The number of aliphatic hydroxyl groups excluding tert-OH is 1. The van der Waals surface area contributed by atoms with Gasteiger partial charge in [-0.3, -0.25) is 0 Å². The van der Waals surface area contributed by atoms with Gasteiger partial charge >= 0.3 is 0 Å². The van der Waals surface area contributed by atoms with E-state index in [9.17, 15) is 0 Å². The molecule has 0 aromatic heterocycles. The van der Waals surface area contributed by atoms with Crippen LogP contribution in [0.4, 0.5) is 0 Å². The Kier molecular flexibility index (Phi) is 5.07. The van der Waals surface area contributed by atoms with E-state index in [4.69, 9.17) is 9.84 Å². The average molecular weight is 214 g/mol. The second-order valence-corrected chi connectivity index (χ2v) is 5.79. The van der Waals surface area contributed by atoms with E-state index in [0.717, 1.165) is 18.9 Å². The number of hydrogen-bond donors (Lipinski definition) is 1. The lowest BCUT2D eigenvalue weighted by molar-refractivity contribution is -0.00110. The quantitative estimate of drug-likeness (QED) is 0.729. The van der Waals surface area contributed by atoms with Crippen LogP contribution in [0.25, 0.3) is 0 Å². The van der Waals surface area contributed by atoms with Crippen molar-refractivity contribution in [2.45, 2.75) is 59.0 Å². The lowest BCUT2D eigenvalue weighted by atomic mass is 9.72. The Balaban J connectivity index is 2.18. The van der Waals surface area contributed by atoms with E-state index in [1.54, 1.807) is 0 Å². The molecule has 1 N–H and O–H groups in total. The summed E-state index contributed by atoms with van der Waals surface area (Å²) in [6.45, 7) is 7.98. The van der Waals surface area contributed by atoms with E-state index in [1.807, 2.05) is 0 Å². The lowest BCUT2D eigenvalue weighted by Crippen LogP contribution is -2.29. The van der Waals surface area contributed by atoms with E-state index in [1.165, 1.54) is 25.7 Å². The van der Waals surface area contributed by atoms with Crippen molar-refractivity contribution < 1.29 is 9.84 Å². The van der Waals surface area contributed by atoms with Crippen molar-refractivity contribution in [2.24, 2.45) is 11.3 Å². The van der Waals surface area contributed by atoms with E-state index in [2.05, 4.69) is 20.8 Å². The van der Waals surface area contributed by atoms with Crippen molar-refractivity contribution in [1.29, 1.82) is 0 Å². The Bertz CT molecular complexity index is 164. The summed E-state index contributed by atoms with van der Waals surface area (Å²) in [5.74, 6) is 0.857. The zero-order chi connectivity index (χ0) is 11.3. The van der Waals surface area contributed by atoms with Gasteiger partial charge in [0.15, 0.2) is 0 Å². The van der Waals surface area contributed by atoms with Crippen LogP contribution in [0.2, 0.25) is 0 Å². The van der Waals surface area contributed by atoms with Gasteiger partial charge in [0.25, 0.3) is 0 Å². The standard InChI is InChI=1S/C13H26O2/c1-13(2,3)11-5-7-12(8-6-11)15-10-4-9-14/h11-12,14H,4-10H2,1-3H3. The Morgan fingerprint density at radius 3 is 2.20 bits per heavy atom. The summed E-state index contributed by atoms with van der Waals surface area (Å²) >= 11 is 0. The fourth-order valence-corrected chi connectivity index (χ4v) is 2.41. The Labute approximate surface area is 94.0 Å². The SMILES string of the molecule is CC(C)(C)C1CCC(OCCCO)CC1. The third kappa shape index (κ3) is 4.52. The number of ether oxygens (including phenoxy) is 1. The van der Waals surface area contributed by atoms with Gasteiger partial charge in [0.05, 0.1) is 6.10 Å². The molecule has 0 bridgehead atoms. The summed E-state index contributed by atoms with van der Waals surface area (Å²) in [4.78, 5) is 0. The van der Waals surface area contributed by atoms with Crippen LogP contribution in [-0.4, -0.2) is 24.4 Å². The van der Waals surface area contributed by atoms with Crippen molar-refractivity contribution in [3.8, 4) is 0 Å². The molecule has 0 saturated heterocycles. The van der Waals surface area contributed by atoms with Gasteiger partial charge in [-0.25, -0.2) is 0 Å². The minimum Gasteiger partial charge on any atom is -0.396 e. The second kappa shape index (κ2) is 5.86. The maximum absolute atomic E-state index is 8.66. The number of rotatable bonds is 4. The molecule has 15 heavy (non-hydrogen) atoms. The molecular formula is C13H26O2. The largest absolute Gasteiger partial charge is 0.396 e. The Morgan fingerprint density at radius 2 is 1.73 bits per heavy atom. The molecule has 0 radical (unpaired) electrons. The van der Waals surface area contributed by atoms with Crippen LogP contribution in [0.15, 0.2) is 0 Å². The van der Waals surface area contributed by atoms with Crippen LogP contribution >= 0.6 is 0 Å². The molecule has 0 aromatic carbocycles. The molecule has 1 fully saturated rings. The van der Waals surface area contributed by atoms with E-state index >= 15 is 0 Å². The maximum Gasteiger partial charge on any atom is 0.0575 e. The first-order valence-electron chi connectivity index (χ1n) is 6.26. The fourth-order valence-electron chi connectivity index (χ4n) is 2.41. The minimum absolute atomic E-state index is 0.247. The molecule has 0 unspecified atom stereocenters. The van der Waals surface area contributed by atoms with Gasteiger partial charge < -0.3 is 9.84 Å². The zero-order valence-corrected chi connectivity index (χ0v) is 10.5. The summed E-state index contributed by atoms with van der Waals surface area (Å²) in [6.07, 6.45) is 6.23. The van der Waals surface area contributed by atoms with E-state index in [-0.39, 0.29) is 6.61 Å². The first-order valence-corrected chi connectivity index (χ1v) is 6.26. The predicted octanol–water partition coefficient (Wildman–Crippen LogP) is 2.99. The highest BCUT2D eigenvalue weighted by Gasteiger charge is 2.29. The first-order chi connectivity index (χ1) is 7.04. The molecule has 1 aliphatic carbocycles. The summed E-state index contributed by atoms with van der Waals surface area (Å²) in [5, 5.41) is 8.66. The van der Waals surface area contributed by atoms with Gasteiger partial charge in [0.1, 0.15) is 0 Å². The topological polar surface area (TPSA) is 29.5 Å². The lowest BCUT2D eigenvalue weighted by Gasteiger charge is -2.36. The fraction of sp³-hybridized carbons (Fsp3) is 1.00. The molecule has 0 aliphatic heterocycles. The van der Waals surface area contributed by atoms with Gasteiger partial charge in [-0.1, -0.05) is 20.8 Å². The highest BCUT2D eigenvalue weighted by atomic mass is 16.5. The van der Waals surface area contributed by atoms with Crippen molar-refractivity contribution in [2.75, 3.05) is 13.2 Å². The predicted molar refractivity (Wildman–Crippen MR) is 62.9 cm³/mol. The molecule has 0 atom stereocenters. The van der Waals surface area contributed by atoms with E-state index < -0.39 is 0 Å². The summed E-state index contributed by atoms with van der Waals surface area (Å²) < 4.78 is 5.72. The summed E-state index contributed by atoms with van der Waals surface area (Å²) in [5.41, 5.74) is 0.454. The minimum atomic E-state index is 0.247. The Hall–Kier alpha value is -0.0800. The van der Waals surface area contributed by atoms with Gasteiger partial charge in [0, 0.05) is 13.2 Å². The van der Waals surface area contributed by atoms with Crippen LogP contribution in [0.3, 0.4) is 0 Å². The van der Waals surface area contributed by atoms with Crippen LogP contribution in [0.1, 0.15) is 52.9 Å². The number of aliphatic hydroxyl groups is 1. The molecule has 0 amide bonds. The molecule has 2 nitrogen and oxygen atoms in total. The maximum atomic E-state index is 8.66. The molecule has 0 spiro atoms. The van der Waals surface area contributed by atoms with Crippen LogP contribution < -0.4 is 0 Å². The van der Waals surface area contributed by atoms with Crippen LogP contribution in [-0.2, 0) is 4.74 Å². The highest BCUT2D eigenvalue weighted by Crippen LogP contribution is 2.38. The van der Waals surface area contributed by atoms with Crippen LogP contribution in [0.5, 0.6) is 0 Å². The average Bonchev–Trinajstić information content (AvgIpc) is 2.18. The third-order valence-electron chi connectivity index (χ3n) is 3.55. The molecule has 2 heteroatoms. The first kappa shape index (κ1) is 13.0. The highest BCUT2D eigenvalue weighted by molar-refractivity contribution is 4.80. The van der Waals surface area contributed by atoms with Gasteiger partial charge in [-0.15, -0.1) is 0 Å². The molecule has 1 saturated carbocycles. The van der Waals surface area contributed by atoms with Gasteiger partial charge in [-0.05, 0) is 43.4 Å².